The van der Waals surface area contributed by atoms with E-state index in [1.807, 2.05) is 13.8 Å². The smallest absolute Gasteiger partial charge is 0.319 e. The van der Waals surface area contributed by atoms with E-state index in [-0.39, 0.29) is 18.7 Å². The maximum atomic E-state index is 13.1. The van der Waals surface area contributed by atoms with Gasteiger partial charge in [0.25, 0.3) is 0 Å². The summed E-state index contributed by atoms with van der Waals surface area (Å²) in [6, 6.07) is 3.47. The minimum Gasteiger partial charge on any atom is -0.384 e. The lowest BCUT2D eigenvalue weighted by Crippen LogP contribution is -2.34. The molecule has 0 saturated carbocycles. The third kappa shape index (κ3) is 4.44. The van der Waals surface area contributed by atoms with Crippen LogP contribution in [0.2, 0.25) is 0 Å². The van der Waals surface area contributed by atoms with E-state index in [0.29, 0.717) is 11.3 Å². The van der Waals surface area contributed by atoms with Gasteiger partial charge in [-0.2, -0.15) is 0 Å². The fourth-order valence-corrected chi connectivity index (χ4v) is 1.28. The molecule has 18 heavy (non-hydrogen) atoms. The van der Waals surface area contributed by atoms with E-state index in [0.717, 1.165) is 0 Å². The lowest BCUT2D eigenvalue weighted by molar-refractivity contribution is 0.250. The molecule has 4 nitrogen and oxygen atoms in total. The molecule has 1 aromatic carbocycles. The number of hydrogen-bond acceptors (Lipinski definition) is 2. The number of benzene rings is 1. The summed E-state index contributed by atoms with van der Waals surface area (Å²) in [4.78, 5) is 11.5. The molecule has 0 aliphatic rings. The highest BCUT2D eigenvalue weighted by Gasteiger charge is 2.07. The largest absolute Gasteiger partial charge is 0.384 e. The number of aliphatic hydroxyl groups excluding tert-OH is 1. The second-order valence-electron chi connectivity index (χ2n) is 3.90. The molecule has 1 rings (SSSR count). The van der Waals surface area contributed by atoms with Gasteiger partial charge in [0.2, 0.25) is 0 Å². The van der Waals surface area contributed by atoms with Crippen LogP contribution in [0.25, 0.3) is 0 Å². The molecule has 2 amide bonds. The molecule has 0 radical (unpaired) electrons. The number of anilines is 1. The summed E-state index contributed by atoms with van der Waals surface area (Å²) in [5, 5.41) is 13.8. The second-order valence-corrected chi connectivity index (χ2v) is 3.90. The fourth-order valence-electron chi connectivity index (χ4n) is 1.28. The Balaban J connectivity index is 2.90. The molecule has 0 aromatic heterocycles. The van der Waals surface area contributed by atoms with Crippen LogP contribution >= 0.6 is 0 Å². The fraction of sp³-hybridized carbons (Fsp3) is 0.308. The van der Waals surface area contributed by atoms with Gasteiger partial charge in [0.05, 0.1) is 11.3 Å². The first-order chi connectivity index (χ1) is 8.52. The Morgan fingerprint density at radius 2 is 2.22 bits per heavy atom. The van der Waals surface area contributed by atoms with E-state index >= 15 is 0 Å². The number of carbonyl (C=O) groups excluding carboxylic acids is 1. The lowest BCUT2D eigenvalue weighted by atomic mass is 10.1. The molecule has 0 atom stereocenters. The van der Waals surface area contributed by atoms with Crippen LogP contribution in [0.4, 0.5) is 14.9 Å². The normalized spacial score (nSPS) is 9.61. The molecule has 0 aliphatic heterocycles. The molecule has 0 spiro atoms. The molecule has 0 bridgehead atoms. The van der Waals surface area contributed by atoms with E-state index in [2.05, 4.69) is 22.5 Å². The highest BCUT2D eigenvalue weighted by atomic mass is 19.1. The van der Waals surface area contributed by atoms with Crippen molar-refractivity contribution in [1.82, 2.24) is 5.32 Å². The molecule has 0 unspecified atom stereocenters. The van der Waals surface area contributed by atoms with Gasteiger partial charge in [0.15, 0.2) is 0 Å². The van der Waals surface area contributed by atoms with E-state index in [1.165, 1.54) is 18.2 Å². The van der Waals surface area contributed by atoms with Crippen molar-refractivity contribution in [3.8, 4) is 11.8 Å². The van der Waals surface area contributed by atoms with Crippen LogP contribution in [0.1, 0.15) is 19.4 Å². The molecule has 0 heterocycles. The van der Waals surface area contributed by atoms with Crippen molar-refractivity contribution in [3.63, 3.8) is 0 Å². The Hall–Kier alpha value is -2.06. The summed E-state index contributed by atoms with van der Waals surface area (Å²) < 4.78 is 13.1. The zero-order chi connectivity index (χ0) is 13.5. The van der Waals surface area contributed by atoms with Crippen molar-refractivity contribution in [2.75, 3.05) is 11.9 Å². The number of rotatable bonds is 2. The highest BCUT2D eigenvalue weighted by molar-refractivity contribution is 5.91. The first-order valence-corrected chi connectivity index (χ1v) is 5.49. The molecule has 0 saturated heterocycles. The van der Waals surface area contributed by atoms with E-state index in [9.17, 15) is 9.18 Å². The summed E-state index contributed by atoms with van der Waals surface area (Å²) in [5.41, 5.74) is 0.721. The molecule has 5 heteroatoms. The van der Waals surface area contributed by atoms with E-state index in [1.54, 1.807) is 0 Å². The van der Waals surface area contributed by atoms with Gasteiger partial charge in [-0.15, -0.1) is 0 Å². The second kappa shape index (κ2) is 6.62. The molecule has 96 valence electrons. The molecule has 0 aliphatic carbocycles. The van der Waals surface area contributed by atoms with Gasteiger partial charge >= 0.3 is 6.03 Å². The molecular formula is C13H15FN2O2. The topological polar surface area (TPSA) is 61.4 Å². The maximum absolute atomic E-state index is 13.1. The van der Waals surface area contributed by atoms with Gasteiger partial charge in [-0.3, -0.25) is 0 Å². The van der Waals surface area contributed by atoms with Gasteiger partial charge in [-0.1, -0.05) is 11.8 Å². The minimum absolute atomic E-state index is 0.00238. The number of halogens is 1. The average Bonchev–Trinajstić information content (AvgIpc) is 2.28. The number of carbonyl (C=O) groups is 1. The third-order valence-electron chi connectivity index (χ3n) is 1.95. The van der Waals surface area contributed by atoms with Crippen LogP contribution in [0.3, 0.4) is 0 Å². The van der Waals surface area contributed by atoms with Crippen LogP contribution in [-0.4, -0.2) is 23.8 Å². The zero-order valence-corrected chi connectivity index (χ0v) is 10.2. The van der Waals surface area contributed by atoms with E-state index < -0.39 is 5.82 Å². The van der Waals surface area contributed by atoms with Crippen LogP contribution in [0, 0.1) is 17.7 Å². The Bertz CT molecular complexity index is 489. The van der Waals surface area contributed by atoms with Gasteiger partial charge < -0.3 is 15.7 Å². The summed E-state index contributed by atoms with van der Waals surface area (Å²) in [7, 11) is 0. The molecular weight excluding hydrogens is 235 g/mol. The van der Waals surface area contributed by atoms with Crippen molar-refractivity contribution in [2.24, 2.45) is 0 Å². The van der Waals surface area contributed by atoms with Gasteiger partial charge in [0, 0.05) is 6.04 Å². The lowest BCUT2D eigenvalue weighted by Gasteiger charge is -2.11. The first-order valence-electron chi connectivity index (χ1n) is 5.49. The Kier molecular flexibility index (Phi) is 5.15. The standard InChI is InChI=1S/C13H15FN2O2/c1-9(2)15-13(18)16-12-6-5-11(14)8-10(12)4-3-7-17/h5-6,8-9,17H,7H2,1-2H3,(H2,15,16,18). The zero-order valence-electron chi connectivity index (χ0n) is 10.2. The van der Waals surface area contributed by atoms with Gasteiger partial charge in [0.1, 0.15) is 12.4 Å². The van der Waals surface area contributed by atoms with Crippen molar-refractivity contribution in [2.45, 2.75) is 19.9 Å². The number of urea groups is 1. The number of aliphatic hydroxyl groups is 1. The Labute approximate surface area is 105 Å². The summed E-state index contributed by atoms with van der Waals surface area (Å²) >= 11 is 0. The highest BCUT2D eigenvalue weighted by Crippen LogP contribution is 2.15. The van der Waals surface area contributed by atoms with Crippen molar-refractivity contribution in [3.05, 3.63) is 29.6 Å². The van der Waals surface area contributed by atoms with E-state index in [4.69, 9.17) is 5.11 Å². The number of hydrogen-bond donors (Lipinski definition) is 3. The minimum atomic E-state index is -0.452. The average molecular weight is 250 g/mol. The molecule has 3 N–H and O–H groups in total. The number of amides is 2. The monoisotopic (exact) mass is 250 g/mol. The van der Waals surface area contributed by atoms with Crippen LogP contribution in [0.5, 0.6) is 0 Å². The van der Waals surface area contributed by atoms with Crippen LogP contribution in [-0.2, 0) is 0 Å². The predicted molar refractivity (Wildman–Crippen MR) is 67.7 cm³/mol. The van der Waals surface area contributed by atoms with Gasteiger partial charge in [-0.05, 0) is 32.0 Å². The van der Waals surface area contributed by atoms with Crippen LogP contribution < -0.4 is 10.6 Å². The Morgan fingerprint density at radius 1 is 1.50 bits per heavy atom. The Morgan fingerprint density at radius 3 is 2.83 bits per heavy atom. The maximum Gasteiger partial charge on any atom is 0.319 e. The SMILES string of the molecule is CC(C)NC(=O)Nc1ccc(F)cc1C#CCO. The predicted octanol–water partition coefficient (Wildman–Crippen LogP) is 1.70. The summed E-state index contributed by atoms with van der Waals surface area (Å²) in [6.07, 6.45) is 0. The molecule has 0 fully saturated rings. The van der Waals surface area contributed by atoms with Crippen molar-refractivity contribution < 1.29 is 14.3 Å². The third-order valence-corrected chi connectivity index (χ3v) is 1.95. The van der Waals surface area contributed by atoms with Crippen molar-refractivity contribution >= 4 is 11.7 Å². The first kappa shape index (κ1) is 14.0. The molecule has 1 aromatic rings. The summed E-state index contributed by atoms with van der Waals surface area (Å²) in [5.74, 6) is 4.54. The quantitative estimate of drug-likeness (QED) is 0.700. The summed E-state index contributed by atoms with van der Waals surface area (Å²) in [6.45, 7) is 3.33. The van der Waals surface area contributed by atoms with Gasteiger partial charge in [-0.25, -0.2) is 9.18 Å². The van der Waals surface area contributed by atoms with Crippen LogP contribution in [0.15, 0.2) is 18.2 Å². The number of nitrogens with one attached hydrogen (secondary N) is 2. The van der Waals surface area contributed by atoms with Crippen molar-refractivity contribution in [1.29, 1.82) is 0 Å².